The van der Waals surface area contributed by atoms with E-state index in [9.17, 15) is 14.9 Å². The molecule has 1 aromatic carbocycles. The molecule has 0 saturated carbocycles. The minimum atomic E-state index is -0.513. The quantitative estimate of drug-likeness (QED) is 0.564. The van der Waals surface area contributed by atoms with Gasteiger partial charge < -0.3 is 9.64 Å². The van der Waals surface area contributed by atoms with Crippen molar-refractivity contribution in [3.8, 4) is 6.07 Å². The summed E-state index contributed by atoms with van der Waals surface area (Å²) in [6.07, 6.45) is 0.198. The van der Waals surface area contributed by atoms with Crippen LogP contribution in [0.25, 0.3) is 0 Å². The van der Waals surface area contributed by atoms with Crippen molar-refractivity contribution in [1.82, 2.24) is 4.90 Å². The van der Waals surface area contributed by atoms with Crippen molar-refractivity contribution < 1.29 is 14.5 Å². The van der Waals surface area contributed by atoms with Crippen molar-refractivity contribution in [2.75, 3.05) is 26.8 Å². The second-order valence-electron chi connectivity index (χ2n) is 4.40. The molecule has 0 N–H and O–H groups in total. The number of nitriles is 1. The maximum Gasteiger partial charge on any atom is 0.273 e. The van der Waals surface area contributed by atoms with Crippen LogP contribution in [0.2, 0.25) is 0 Å². The lowest BCUT2D eigenvalue weighted by Crippen LogP contribution is -2.35. The maximum atomic E-state index is 12.5. The fourth-order valence-corrected chi connectivity index (χ4v) is 1.92. The lowest BCUT2D eigenvalue weighted by atomic mass is 10.1. The first kappa shape index (κ1) is 16.6. The molecule has 0 fully saturated rings. The van der Waals surface area contributed by atoms with Crippen LogP contribution in [0.1, 0.15) is 22.3 Å². The molecule has 0 spiro atoms. The third kappa shape index (κ3) is 4.26. The number of nitrogens with zero attached hydrogens (tertiary/aromatic N) is 3. The molecule has 112 valence electrons. The Hall–Kier alpha value is -2.46. The van der Waals surface area contributed by atoms with Crippen LogP contribution in [0.5, 0.6) is 0 Å². The van der Waals surface area contributed by atoms with E-state index in [4.69, 9.17) is 10.00 Å². The maximum absolute atomic E-state index is 12.5. The van der Waals surface area contributed by atoms with Gasteiger partial charge in [0.15, 0.2) is 0 Å². The van der Waals surface area contributed by atoms with E-state index in [1.165, 1.54) is 24.1 Å². The molecular formula is C14H17N3O4. The Labute approximate surface area is 122 Å². The zero-order valence-corrected chi connectivity index (χ0v) is 12.0. The summed E-state index contributed by atoms with van der Waals surface area (Å²) in [5.41, 5.74) is 0.512. The summed E-state index contributed by atoms with van der Waals surface area (Å²) in [6, 6.07) is 6.38. The SMILES string of the molecule is COCCN(CCC#N)C(=O)c1cccc([N+](=O)[O-])c1C. The van der Waals surface area contributed by atoms with Gasteiger partial charge in [0.2, 0.25) is 0 Å². The summed E-state index contributed by atoms with van der Waals surface area (Å²) in [5.74, 6) is -0.330. The summed E-state index contributed by atoms with van der Waals surface area (Å²) >= 11 is 0. The van der Waals surface area contributed by atoms with Gasteiger partial charge in [-0.3, -0.25) is 14.9 Å². The molecule has 1 aromatic rings. The highest BCUT2D eigenvalue weighted by atomic mass is 16.6. The predicted octanol–water partition coefficient (Wildman–Crippen LogP) is 1.91. The van der Waals surface area contributed by atoms with E-state index >= 15 is 0 Å². The van der Waals surface area contributed by atoms with Crippen molar-refractivity contribution in [3.05, 3.63) is 39.4 Å². The molecule has 7 heteroatoms. The van der Waals surface area contributed by atoms with Gasteiger partial charge >= 0.3 is 0 Å². The number of carbonyl (C=O) groups is 1. The standard InChI is InChI=1S/C14H17N3O4/c1-11-12(5-3-6-13(11)17(19)20)14(18)16(8-4-7-15)9-10-21-2/h3,5-6H,4,8-10H2,1-2H3. The van der Waals surface area contributed by atoms with Crippen LogP contribution in [-0.4, -0.2) is 42.5 Å². The Morgan fingerprint density at radius 2 is 2.19 bits per heavy atom. The van der Waals surface area contributed by atoms with Crippen molar-refractivity contribution in [3.63, 3.8) is 0 Å². The van der Waals surface area contributed by atoms with Gasteiger partial charge in [0.25, 0.3) is 11.6 Å². The number of rotatable bonds is 7. The molecule has 0 atom stereocenters. The summed E-state index contributed by atoms with van der Waals surface area (Å²) in [5, 5.41) is 19.6. The molecule has 21 heavy (non-hydrogen) atoms. The molecule has 0 aliphatic carbocycles. The molecule has 0 saturated heterocycles. The average Bonchev–Trinajstić information content (AvgIpc) is 2.46. The van der Waals surface area contributed by atoms with E-state index in [-0.39, 0.29) is 30.1 Å². The first-order valence-electron chi connectivity index (χ1n) is 6.42. The molecule has 1 rings (SSSR count). The highest BCUT2D eigenvalue weighted by Crippen LogP contribution is 2.22. The third-order valence-corrected chi connectivity index (χ3v) is 3.08. The van der Waals surface area contributed by atoms with Crippen molar-refractivity contribution in [2.45, 2.75) is 13.3 Å². The highest BCUT2D eigenvalue weighted by Gasteiger charge is 2.22. The summed E-state index contributed by atoms with van der Waals surface area (Å²) < 4.78 is 4.95. The van der Waals surface area contributed by atoms with E-state index in [1.807, 2.05) is 6.07 Å². The molecule has 0 heterocycles. The van der Waals surface area contributed by atoms with Gasteiger partial charge in [0.1, 0.15) is 0 Å². The number of nitro benzene ring substituents is 1. The first-order chi connectivity index (χ1) is 10.0. The topological polar surface area (TPSA) is 96.5 Å². The van der Waals surface area contributed by atoms with Gasteiger partial charge in [-0.1, -0.05) is 6.07 Å². The zero-order valence-electron chi connectivity index (χ0n) is 12.0. The molecule has 0 unspecified atom stereocenters. The van der Waals surface area contributed by atoms with Crippen LogP contribution < -0.4 is 0 Å². The minimum absolute atomic E-state index is 0.0900. The number of carbonyl (C=O) groups excluding carboxylic acids is 1. The normalized spacial score (nSPS) is 9.95. The molecule has 0 aromatic heterocycles. The average molecular weight is 291 g/mol. The Kier molecular flexibility index (Phi) is 6.30. The fourth-order valence-electron chi connectivity index (χ4n) is 1.92. The fraction of sp³-hybridized carbons (Fsp3) is 0.429. The van der Waals surface area contributed by atoms with E-state index in [0.29, 0.717) is 18.7 Å². The van der Waals surface area contributed by atoms with Gasteiger partial charge in [-0.15, -0.1) is 0 Å². The molecule has 7 nitrogen and oxygen atoms in total. The Morgan fingerprint density at radius 3 is 2.76 bits per heavy atom. The van der Waals surface area contributed by atoms with Crippen molar-refractivity contribution >= 4 is 11.6 Å². The van der Waals surface area contributed by atoms with Crippen LogP contribution >= 0.6 is 0 Å². The van der Waals surface area contributed by atoms with Gasteiger partial charge in [-0.25, -0.2) is 0 Å². The Bertz CT molecular complexity index is 566. The monoisotopic (exact) mass is 291 g/mol. The number of amides is 1. The van der Waals surface area contributed by atoms with Crippen LogP contribution in [0.3, 0.4) is 0 Å². The van der Waals surface area contributed by atoms with Gasteiger partial charge in [0, 0.05) is 37.4 Å². The second kappa shape index (κ2) is 7.97. The van der Waals surface area contributed by atoms with Crippen LogP contribution in [0, 0.1) is 28.4 Å². The largest absolute Gasteiger partial charge is 0.383 e. The summed E-state index contributed by atoms with van der Waals surface area (Å²) in [4.78, 5) is 24.4. The number of methoxy groups -OCH3 is 1. The molecule has 1 amide bonds. The number of benzene rings is 1. The molecule has 0 radical (unpaired) electrons. The van der Waals surface area contributed by atoms with Crippen LogP contribution in [0.15, 0.2) is 18.2 Å². The highest BCUT2D eigenvalue weighted by molar-refractivity contribution is 5.96. The lowest BCUT2D eigenvalue weighted by molar-refractivity contribution is -0.385. The number of ether oxygens (including phenoxy) is 1. The smallest absolute Gasteiger partial charge is 0.273 e. The van der Waals surface area contributed by atoms with Gasteiger partial charge in [-0.2, -0.15) is 5.26 Å². The lowest BCUT2D eigenvalue weighted by Gasteiger charge is -2.22. The first-order valence-corrected chi connectivity index (χ1v) is 6.42. The molecular weight excluding hydrogens is 274 g/mol. The zero-order chi connectivity index (χ0) is 15.8. The van der Waals surface area contributed by atoms with E-state index in [0.717, 1.165) is 0 Å². The molecule has 0 aliphatic rings. The van der Waals surface area contributed by atoms with Gasteiger partial charge in [0.05, 0.1) is 24.0 Å². The van der Waals surface area contributed by atoms with E-state index in [1.54, 1.807) is 13.0 Å². The van der Waals surface area contributed by atoms with E-state index in [2.05, 4.69) is 0 Å². The van der Waals surface area contributed by atoms with Crippen molar-refractivity contribution in [1.29, 1.82) is 5.26 Å². The third-order valence-electron chi connectivity index (χ3n) is 3.08. The Morgan fingerprint density at radius 1 is 1.48 bits per heavy atom. The van der Waals surface area contributed by atoms with Crippen molar-refractivity contribution in [2.24, 2.45) is 0 Å². The molecule has 0 aliphatic heterocycles. The predicted molar refractivity (Wildman–Crippen MR) is 75.8 cm³/mol. The van der Waals surface area contributed by atoms with Crippen LogP contribution in [-0.2, 0) is 4.74 Å². The number of nitro groups is 1. The van der Waals surface area contributed by atoms with Gasteiger partial charge in [-0.05, 0) is 13.0 Å². The number of hydrogen-bond acceptors (Lipinski definition) is 5. The van der Waals surface area contributed by atoms with E-state index < -0.39 is 4.92 Å². The summed E-state index contributed by atoms with van der Waals surface area (Å²) in [7, 11) is 1.52. The second-order valence-corrected chi connectivity index (χ2v) is 4.40. The summed E-state index contributed by atoms with van der Waals surface area (Å²) in [6.45, 7) is 2.48. The Balaban J connectivity index is 3.05. The molecule has 0 bridgehead atoms. The minimum Gasteiger partial charge on any atom is -0.383 e. The number of hydrogen-bond donors (Lipinski definition) is 0. The van der Waals surface area contributed by atoms with Crippen LogP contribution in [0.4, 0.5) is 5.69 Å².